The van der Waals surface area contributed by atoms with Crippen molar-refractivity contribution in [2.24, 2.45) is 11.8 Å². The SMILES string of the molecule is COc1ccc(CCNC(=O)N2CC3C4C=CC(O4)C3C2)c(Cl)c1. The van der Waals surface area contributed by atoms with E-state index in [1.807, 2.05) is 17.0 Å². The summed E-state index contributed by atoms with van der Waals surface area (Å²) in [5.41, 5.74) is 1.01. The number of benzene rings is 1. The molecule has 0 saturated carbocycles. The molecule has 4 unspecified atom stereocenters. The van der Waals surface area contributed by atoms with Crippen molar-refractivity contribution in [3.63, 3.8) is 0 Å². The number of urea groups is 1. The molecule has 2 saturated heterocycles. The average molecular weight is 349 g/mol. The summed E-state index contributed by atoms with van der Waals surface area (Å²) in [5, 5.41) is 3.67. The van der Waals surface area contributed by atoms with E-state index in [0.717, 1.165) is 24.4 Å². The number of hydrogen-bond acceptors (Lipinski definition) is 3. The highest BCUT2D eigenvalue weighted by atomic mass is 35.5. The highest BCUT2D eigenvalue weighted by Crippen LogP contribution is 2.43. The Kier molecular flexibility index (Phi) is 4.14. The zero-order chi connectivity index (χ0) is 16.7. The highest BCUT2D eigenvalue weighted by molar-refractivity contribution is 6.31. The van der Waals surface area contributed by atoms with E-state index < -0.39 is 0 Å². The summed E-state index contributed by atoms with van der Waals surface area (Å²) in [5.74, 6) is 1.66. The minimum Gasteiger partial charge on any atom is -0.497 e. The smallest absolute Gasteiger partial charge is 0.317 e. The fraction of sp³-hybridized carbons (Fsp3) is 0.500. The van der Waals surface area contributed by atoms with Crippen LogP contribution < -0.4 is 10.1 Å². The zero-order valence-corrected chi connectivity index (χ0v) is 14.3. The van der Waals surface area contributed by atoms with Crippen molar-refractivity contribution in [3.8, 4) is 5.75 Å². The second-order valence-electron chi connectivity index (χ2n) is 6.62. The van der Waals surface area contributed by atoms with Crippen molar-refractivity contribution < 1.29 is 14.3 Å². The maximum Gasteiger partial charge on any atom is 0.317 e. The first-order valence-electron chi connectivity index (χ1n) is 8.34. The van der Waals surface area contributed by atoms with Crippen molar-refractivity contribution >= 4 is 17.6 Å². The van der Waals surface area contributed by atoms with Crippen molar-refractivity contribution in [1.82, 2.24) is 10.2 Å². The van der Waals surface area contributed by atoms with Gasteiger partial charge in [0.1, 0.15) is 5.75 Å². The van der Waals surface area contributed by atoms with Crippen molar-refractivity contribution in [2.75, 3.05) is 26.7 Å². The molecule has 128 valence electrons. The molecule has 3 aliphatic rings. The van der Waals surface area contributed by atoms with Gasteiger partial charge in [-0.15, -0.1) is 0 Å². The van der Waals surface area contributed by atoms with Gasteiger partial charge in [0.15, 0.2) is 0 Å². The topological polar surface area (TPSA) is 50.8 Å². The molecule has 2 amide bonds. The molecular weight excluding hydrogens is 328 g/mol. The normalized spacial score (nSPS) is 29.8. The van der Waals surface area contributed by atoms with Crippen LogP contribution in [0.25, 0.3) is 0 Å². The van der Waals surface area contributed by atoms with Crippen LogP contribution >= 0.6 is 11.6 Å². The van der Waals surface area contributed by atoms with Crippen LogP contribution in [0.5, 0.6) is 5.75 Å². The number of nitrogens with one attached hydrogen (secondary N) is 1. The lowest BCUT2D eigenvalue weighted by atomic mass is 9.86. The number of carbonyl (C=O) groups excluding carboxylic acids is 1. The predicted octanol–water partition coefficient (Wildman–Crippen LogP) is 2.49. The molecular formula is C18H21ClN2O3. The number of carbonyl (C=O) groups is 1. The van der Waals surface area contributed by atoms with Gasteiger partial charge in [0.25, 0.3) is 0 Å². The van der Waals surface area contributed by atoms with Crippen LogP contribution in [-0.2, 0) is 11.2 Å². The molecule has 1 aromatic rings. The number of halogens is 1. The zero-order valence-electron chi connectivity index (χ0n) is 13.6. The molecule has 1 N–H and O–H groups in total. The number of ether oxygens (including phenoxy) is 2. The van der Waals surface area contributed by atoms with E-state index >= 15 is 0 Å². The Bertz CT molecular complexity index is 658. The summed E-state index contributed by atoms with van der Waals surface area (Å²) in [6, 6.07) is 5.62. The van der Waals surface area contributed by atoms with Crippen LogP contribution in [0.2, 0.25) is 5.02 Å². The van der Waals surface area contributed by atoms with Crippen LogP contribution in [0.4, 0.5) is 4.79 Å². The van der Waals surface area contributed by atoms with Gasteiger partial charge in [-0.3, -0.25) is 0 Å². The van der Waals surface area contributed by atoms with Crippen LogP contribution in [-0.4, -0.2) is 49.9 Å². The fourth-order valence-corrected chi connectivity index (χ4v) is 4.23. The van der Waals surface area contributed by atoms with E-state index in [2.05, 4.69) is 17.5 Å². The molecule has 0 aromatic heterocycles. The lowest BCUT2D eigenvalue weighted by Gasteiger charge is -2.19. The quantitative estimate of drug-likeness (QED) is 0.850. The Morgan fingerprint density at radius 1 is 1.33 bits per heavy atom. The van der Waals surface area contributed by atoms with E-state index in [1.165, 1.54) is 0 Å². The Balaban J connectivity index is 1.27. The van der Waals surface area contributed by atoms with Gasteiger partial charge in [0.05, 0.1) is 19.3 Å². The third-order valence-electron chi connectivity index (χ3n) is 5.28. The molecule has 0 radical (unpaired) electrons. The first kappa shape index (κ1) is 15.8. The van der Waals surface area contributed by atoms with Gasteiger partial charge < -0.3 is 19.7 Å². The molecule has 0 spiro atoms. The van der Waals surface area contributed by atoms with Gasteiger partial charge in [-0.25, -0.2) is 4.79 Å². The Hall–Kier alpha value is -1.72. The van der Waals surface area contributed by atoms with E-state index in [1.54, 1.807) is 13.2 Å². The maximum absolute atomic E-state index is 12.4. The molecule has 1 aromatic carbocycles. The molecule has 4 rings (SSSR count). The van der Waals surface area contributed by atoms with Crippen LogP contribution in [0.3, 0.4) is 0 Å². The highest BCUT2D eigenvalue weighted by Gasteiger charge is 2.51. The number of rotatable bonds is 4. The average Bonchev–Trinajstić information content (AvgIpc) is 3.28. The maximum atomic E-state index is 12.4. The third kappa shape index (κ3) is 2.76. The molecule has 3 heterocycles. The summed E-state index contributed by atoms with van der Waals surface area (Å²) < 4.78 is 11.0. The number of hydrogen-bond donors (Lipinski definition) is 1. The lowest BCUT2D eigenvalue weighted by Crippen LogP contribution is -2.40. The standard InChI is InChI=1S/C18H21ClN2O3/c1-23-12-3-2-11(15(19)8-12)6-7-20-18(22)21-9-13-14(10-21)17-5-4-16(13)24-17/h2-5,8,13-14,16-17H,6-7,9-10H2,1H3,(H,20,22). The first-order valence-corrected chi connectivity index (χ1v) is 8.72. The number of fused-ring (bicyclic) bond motifs is 5. The van der Waals surface area contributed by atoms with Crippen molar-refractivity contribution in [1.29, 1.82) is 0 Å². The first-order chi connectivity index (χ1) is 11.7. The van der Waals surface area contributed by atoms with Crippen LogP contribution in [0.1, 0.15) is 5.56 Å². The second kappa shape index (κ2) is 6.30. The van der Waals surface area contributed by atoms with Gasteiger partial charge in [-0.05, 0) is 24.1 Å². The van der Waals surface area contributed by atoms with Gasteiger partial charge in [-0.1, -0.05) is 29.8 Å². The van der Waals surface area contributed by atoms with E-state index in [4.69, 9.17) is 21.1 Å². The number of amides is 2. The Labute approximate surface area is 146 Å². The Morgan fingerprint density at radius 2 is 2.04 bits per heavy atom. The summed E-state index contributed by atoms with van der Waals surface area (Å²) in [7, 11) is 1.61. The number of methoxy groups -OCH3 is 1. The summed E-state index contributed by atoms with van der Waals surface area (Å²) in [6.45, 7) is 2.13. The Morgan fingerprint density at radius 3 is 2.67 bits per heavy atom. The largest absolute Gasteiger partial charge is 0.497 e. The van der Waals surface area contributed by atoms with Gasteiger partial charge in [-0.2, -0.15) is 0 Å². The van der Waals surface area contributed by atoms with E-state index in [-0.39, 0.29) is 18.2 Å². The van der Waals surface area contributed by atoms with Gasteiger partial charge in [0, 0.05) is 36.5 Å². The van der Waals surface area contributed by atoms with Crippen molar-refractivity contribution in [3.05, 3.63) is 40.9 Å². The molecule has 2 bridgehead atoms. The van der Waals surface area contributed by atoms with Crippen LogP contribution in [0.15, 0.2) is 30.4 Å². The van der Waals surface area contributed by atoms with Crippen LogP contribution in [0, 0.1) is 11.8 Å². The molecule has 4 atom stereocenters. The second-order valence-corrected chi connectivity index (χ2v) is 7.03. The lowest BCUT2D eigenvalue weighted by molar-refractivity contribution is 0.0883. The predicted molar refractivity (Wildman–Crippen MR) is 91.5 cm³/mol. The molecule has 0 aliphatic carbocycles. The van der Waals surface area contributed by atoms with Gasteiger partial charge in [0.2, 0.25) is 0 Å². The monoisotopic (exact) mass is 348 g/mol. The molecule has 5 nitrogen and oxygen atoms in total. The van der Waals surface area contributed by atoms with Gasteiger partial charge >= 0.3 is 6.03 Å². The summed E-state index contributed by atoms with van der Waals surface area (Å²) in [4.78, 5) is 14.3. The van der Waals surface area contributed by atoms with E-state index in [9.17, 15) is 4.79 Å². The molecule has 24 heavy (non-hydrogen) atoms. The number of nitrogens with zero attached hydrogens (tertiary/aromatic N) is 1. The fourth-order valence-electron chi connectivity index (χ4n) is 3.97. The number of likely N-dealkylation sites (tertiary alicyclic amines) is 1. The summed E-state index contributed by atoms with van der Waals surface area (Å²) in [6.07, 6.45) is 5.38. The minimum atomic E-state index is 0.00781. The van der Waals surface area contributed by atoms with Crippen molar-refractivity contribution in [2.45, 2.75) is 18.6 Å². The van der Waals surface area contributed by atoms with E-state index in [0.29, 0.717) is 29.8 Å². The summed E-state index contributed by atoms with van der Waals surface area (Å²) >= 11 is 6.23. The molecule has 6 heteroatoms. The third-order valence-corrected chi connectivity index (χ3v) is 5.63. The molecule has 3 aliphatic heterocycles. The minimum absolute atomic E-state index is 0.00781. The molecule has 2 fully saturated rings.